The summed E-state index contributed by atoms with van der Waals surface area (Å²) >= 11 is 1.65. The lowest BCUT2D eigenvalue weighted by atomic mass is 10.0. The zero-order valence-electron chi connectivity index (χ0n) is 24.8. The molecule has 0 radical (unpaired) electrons. The van der Waals surface area contributed by atoms with Crippen LogP contribution in [0.3, 0.4) is 0 Å². The average molecular weight is 590 g/mol. The van der Waals surface area contributed by atoms with Crippen molar-refractivity contribution in [2.45, 2.75) is 75.6 Å². The maximum Gasteiger partial charge on any atom is 0.322 e. The first-order valence-electron chi connectivity index (χ1n) is 15.6. The lowest BCUT2D eigenvalue weighted by molar-refractivity contribution is -0.137. The number of piperidine rings is 2. The molecule has 42 heavy (non-hydrogen) atoms. The van der Waals surface area contributed by atoms with E-state index in [1.807, 2.05) is 32.9 Å². The first-order chi connectivity index (χ1) is 20.4. The topological polar surface area (TPSA) is 76.2 Å². The fourth-order valence-electron chi connectivity index (χ4n) is 6.89. The number of likely N-dealkylation sites (tertiary alicyclic amines) is 1. The van der Waals surface area contributed by atoms with Crippen LogP contribution in [0.25, 0.3) is 0 Å². The predicted octanol–water partition coefficient (Wildman–Crippen LogP) is 5.70. The summed E-state index contributed by atoms with van der Waals surface area (Å²) in [5.41, 5.74) is 4.42. The molecule has 2 aromatic rings. The fraction of sp³-hybridized carbons (Fsp3) is 0.545. The van der Waals surface area contributed by atoms with Gasteiger partial charge in [0.2, 0.25) is 11.8 Å². The number of para-hydroxylation sites is 2. The van der Waals surface area contributed by atoms with Crippen molar-refractivity contribution in [3.63, 3.8) is 0 Å². The number of nitrogens with one attached hydrogen (secondary N) is 1. The first kappa shape index (κ1) is 28.9. The van der Waals surface area contributed by atoms with Crippen molar-refractivity contribution in [3.8, 4) is 0 Å². The van der Waals surface area contributed by atoms with Crippen LogP contribution in [0.4, 0.5) is 16.2 Å². The van der Waals surface area contributed by atoms with E-state index in [-0.39, 0.29) is 40.9 Å². The van der Waals surface area contributed by atoms with Gasteiger partial charge in [-0.2, -0.15) is 0 Å². The SMILES string of the molecule is CC(C)CN1C(=O)C(CC(=O)N2CCC(N3Cc4ccccc4NC3=O)CC2)SC1c1ccccc1N1CCCCC1. The molecule has 8 nitrogen and oxygen atoms in total. The molecule has 6 rings (SSSR count). The molecule has 0 bridgehead atoms. The Labute approximate surface area is 253 Å². The van der Waals surface area contributed by atoms with Crippen molar-refractivity contribution in [1.29, 1.82) is 0 Å². The largest absolute Gasteiger partial charge is 0.371 e. The smallest absolute Gasteiger partial charge is 0.322 e. The number of amides is 4. The second-order valence-corrected chi connectivity index (χ2v) is 13.8. The fourth-order valence-corrected chi connectivity index (χ4v) is 8.38. The minimum Gasteiger partial charge on any atom is -0.371 e. The lowest BCUT2D eigenvalue weighted by Crippen LogP contribution is -2.51. The number of hydrogen-bond donors (Lipinski definition) is 1. The predicted molar refractivity (Wildman–Crippen MR) is 168 cm³/mol. The average Bonchev–Trinajstić information content (AvgIpc) is 3.30. The van der Waals surface area contributed by atoms with E-state index in [2.05, 4.69) is 54.4 Å². The monoisotopic (exact) mass is 589 g/mol. The van der Waals surface area contributed by atoms with Crippen molar-refractivity contribution in [2.24, 2.45) is 5.92 Å². The molecule has 0 spiro atoms. The van der Waals surface area contributed by atoms with E-state index in [9.17, 15) is 14.4 Å². The Morgan fingerprint density at radius 3 is 2.43 bits per heavy atom. The quantitative estimate of drug-likeness (QED) is 0.448. The normalized spacial score (nSPS) is 23.4. The Bertz CT molecular complexity index is 1300. The summed E-state index contributed by atoms with van der Waals surface area (Å²) in [4.78, 5) is 48.4. The highest BCUT2D eigenvalue weighted by Crippen LogP contribution is 2.47. The van der Waals surface area contributed by atoms with Crippen molar-refractivity contribution < 1.29 is 14.4 Å². The van der Waals surface area contributed by atoms with Gasteiger partial charge < -0.3 is 24.9 Å². The highest BCUT2D eigenvalue weighted by molar-refractivity contribution is 8.01. The summed E-state index contributed by atoms with van der Waals surface area (Å²) in [6.45, 7) is 8.90. The van der Waals surface area contributed by atoms with Gasteiger partial charge in [0, 0.05) is 68.7 Å². The van der Waals surface area contributed by atoms with E-state index in [1.54, 1.807) is 11.8 Å². The van der Waals surface area contributed by atoms with Gasteiger partial charge in [0.25, 0.3) is 0 Å². The number of hydrogen-bond acceptors (Lipinski definition) is 5. The van der Waals surface area contributed by atoms with Crippen LogP contribution in [0.1, 0.15) is 68.9 Å². The molecule has 4 heterocycles. The summed E-state index contributed by atoms with van der Waals surface area (Å²) in [6, 6.07) is 16.5. The van der Waals surface area contributed by atoms with Crippen LogP contribution in [0.5, 0.6) is 0 Å². The first-order valence-corrected chi connectivity index (χ1v) is 16.6. The molecule has 4 aliphatic heterocycles. The summed E-state index contributed by atoms with van der Waals surface area (Å²) in [6.07, 6.45) is 5.39. The van der Waals surface area contributed by atoms with Crippen LogP contribution >= 0.6 is 11.8 Å². The minimum absolute atomic E-state index is 0.0437. The van der Waals surface area contributed by atoms with Gasteiger partial charge in [-0.15, -0.1) is 11.8 Å². The summed E-state index contributed by atoms with van der Waals surface area (Å²) in [5.74, 6) is 0.466. The Kier molecular flexibility index (Phi) is 8.65. The molecule has 0 aromatic heterocycles. The van der Waals surface area contributed by atoms with E-state index in [4.69, 9.17) is 0 Å². The van der Waals surface area contributed by atoms with Gasteiger partial charge in [0.15, 0.2) is 0 Å². The molecule has 9 heteroatoms. The lowest BCUT2D eigenvalue weighted by Gasteiger charge is -2.40. The highest BCUT2D eigenvalue weighted by Gasteiger charge is 2.44. The number of benzene rings is 2. The maximum atomic E-state index is 13.8. The van der Waals surface area contributed by atoms with E-state index >= 15 is 0 Å². The molecule has 3 saturated heterocycles. The van der Waals surface area contributed by atoms with E-state index in [1.165, 1.54) is 30.5 Å². The van der Waals surface area contributed by atoms with Crippen molar-refractivity contribution in [3.05, 3.63) is 59.7 Å². The number of carbonyl (C=O) groups is 3. The molecule has 2 unspecified atom stereocenters. The number of rotatable bonds is 7. The number of fused-ring (bicyclic) bond motifs is 1. The third kappa shape index (κ3) is 5.98. The number of thioether (sulfide) groups is 1. The molecule has 0 saturated carbocycles. The molecule has 0 aliphatic carbocycles. The Balaban J connectivity index is 1.11. The Morgan fingerprint density at radius 2 is 1.67 bits per heavy atom. The van der Waals surface area contributed by atoms with Gasteiger partial charge in [-0.3, -0.25) is 9.59 Å². The zero-order valence-corrected chi connectivity index (χ0v) is 25.7. The third-order valence-corrected chi connectivity index (χ3v) is 10.5. The molecular weight excluding hydrogens is 546 g/mol. The van der Waals surface area contributed by atoms with Crippen LogP contribution < -0.4 is 10.2 Å². The van der Waals surface area contributed by atoms with Crippen LogP contribution in [-0.4, -0.2) is 76.6 Å². The highest BCUT2D eigenvalue weighted by atomic mass is 32.2. The van der Waals surface area contributed by atoms with Gasteiger partial charge in [-0.1, -0.05) is 50.2 Å². The van der Waals surface area contributed by atoms with E-state index < -0.39 is 0 Å². The van der Waals surface area contributed by atoms with Gasteiger partial charge in [-0.05, 0) is 55.7 Å². The molecule has 2 atom stereocenters. The van der Waals surface area contributed by atoms with Crippen molar-refractivity contribution in [1.82, 2.24) is 14.7 Å². The summed E-state index contributed by atoms with van der Waals surface area (Å²) in [5, 5.41) is 2.55. The summed E-state index contributed by atoms with van der Waals surface area (Å²) < 4.78 is 0. The number of urea groups is 1. The molecule has 4 amide bonds. The molecule has 4 aliphatic rings. The molecule has 3 fully saturated rings. The summed E-state index contributed by atoms with van der Waals surface area (Å²) in [7, 11) is 0. The molecule has 1 N–H and O–H groups in total. The van der Waals surface area contributed by atoms with Gasteiger partial charge in [-0.25, -0.2) is 4.79 Å². The zero-order chi connectivity index (χ0) is 29.2. The van der Waals surface area contributed by atoms with Crippen LogP contribution in [0.15, 0.2) is 48.5 Å². The van der Waals surface area contributed by atoms with Crippen LogP contribution in [0.2, 0.25) is 0 Å². The third-order valence-electron chi connectivity index (χ3n) is 9.07. The number of anilines is 2. The maximum absolute atomic E-state index is 13.8. The number of nitrogens with zero attached hydrogens (tertiary/aromatic N) is 4. The van der Waals surface area contributed by atoms with Crippen molar-refractivity contribution in [2.75, 3.05) is 42.9 Å². The van der Waals surface area contributed by atoms with Gasteiger partial charge in [0.05, 0.1) is 5.25 Å². The second-order valence-electron chi connectivity index (χ2n) is 12.5. The van der Waals surface area contributed by atoms with E-state index in [0.717, 1.165) is 37.2 Å². The standard InChI is InChI=1S/C33H43N5O3S/c1-23(2)21-38-31(40)29(42-32(38)26-11-5-7-13-28(26)35-16-8-3-9-17-35)20-30(39)36-18-14-25(15-19-36)37-22-24-10-4-6-12-27(24)34-33(37)41/h4-7,10-13,23,25,29,32H,3,8-9,14-22H2,1-2H3,(H,34,41). The van der Waals surface area contributed by atoms with Gasteiger partial charge >= 0.3 is 6.03 Å². The Morgan fingerprint density at radius 1 is 0.952 bits per heavy atom. The van der Waals surface area contributed by atoms with Crippen LogP contribution in [-0.2, 0) is 16.1 Å². The Hall–Kier alpha value is -3.20. The molecule has 224 valence electrons. The van der Waals surface area contributed by atoms with Crippen molar-refractivity contribution >= 4 is 41.0 Å². The van der Waals surface area contributed by atoms with E-state index in [0.29, 0.717) is 32.1 Å². The number of carbonyl (C=O) groups excluding carboxylic acids is 3. The molecular formula is C33H43N5O3S. The molecule has 2 aromatic carbocycles. The second kappa shape index (κ2) is 12.6. The van der Waals surface area contributed by atoms with Crippen LogP contribution in [0, 0.1) is 5.92 Å². The minimum atomic E-state index is -0.377. The van der Waals surface area contributed by atoms with Gasteiger partial charge in [0.1, 0.15) is 5.37 Å².